The predicted molar refractivity (Wildman–Crippen MR) is 109 cm³/mol. The zero-order valence-corrected chi connectivity index (χ0v) is 16.3. The normalized spacial score (nSPS) is 19.0. The standard InChI is InChI=1S/C23H23NO5/c1-14-19(25)6-5-17-16(12-22(26)29-23(14)17)13-24-8-2-3-18(24)15-4-7-20-21(11-15)28-10-9-27-20/h4-7,11-12,18,25H,2-3,8-10,13H2,1H3. The fraction of sp³-hybridized carbons (Fsp3) is 0.348. The minimum absolute atomic E-state index is 0.133. The lowest BCUT2D eigenvalue weighted by Gasteiger charge is -2.27. The van der Waals surface area contributed by atoms with Gasteiger partial charge in [0.05, 0.1) is 0 Å². The van der Waals surface area contributed by atoms with E-state index < -0.39 is 5.63 Å². The zero-order chi connectivity index (χ0) is 20.0. The van der Waals surface area contributed by atoms with Crippen LogP contribution in [-0.4, -0.2) is 29.8 Å². The van der Waals surface area contributed by atoms with Gasteiger partial charge in [-0.05, 0) is 61.7 Å². The van der Waals surface area contributed by atoms with E-state index in [-0.39, 0.29) is 11.8 Å². The summed E-state index contributed by atoms with van der Waals surface area (Å²) in [5.41, 5.74) is 2.78. The number of rotatable bonds is 3. The van der Waals surface area contributed by atoms with Crippen molar-refractivity contribution in [3.63, 3.8) is 0 Å². The van der Waals surface area contributed by atoms with Gasteiger partial charge in [0.25, 0.3) is 0 Å². The molecule has 0 bridgehead atoms. The molecule has 3 heterocycles. The summed E-state index contributed by atoms with van der Waals surface area (Å²) in [4.78, 5) is 14.5. The molecule has 1 aromatic heterocycles. The van der Waals surface area contributed by atoms with Crippen LogP contribution in [0.15, 0.2) is 45.6 Å². The number of hydrogen-bond acceptors (Lipinski definition) is 6. The molecule has 2 aliphatic heterocycles. The first-order valence-electron chi connectivity index (χ1n) is 9.99. The molecule has 2 aromatic carbocycles. The number of benzene rings is 2. The number of aromatic hydroxyl groups is 1. The number of fused-ring (bicyclic) bond motifs is 2. The number of phenols is 1. The summed E-state index contributed by atoms with van der Waals surface area (Å²) in [5.74, 6) is 1.73. The van der Waals surface area contributed by atoms with Crippen LogP contribution < -0.4 is 15.1 Å². The van der Waals surface area contributed by atoms with Crippen molar-refractivity contribution in [1.29, 1.82) is 0 Å². The molecule has 6 heteroatoms. The summed E-state index contributed by atoms with van der Waals surface area (Å²) in [5, 5.41) is 10.8. The summed E-state index contributed by atoms with van der Waals surface area (Å²) in [6.45, 7) is 4.52. The predicted octanol–water partition coefficient (Wildman–Crippen LogP) is 3.92. The fourth-order valence-electron chi connectivity index (χ4n) is 4.43. The molecule has 150 valence electrons. The van der Waals surface area contributed by atoms with Gasteiger partial charge in [-0.3, -0.25) is 4.90 Å². The molecule has 0 radical (unpaired) electrons. The summed E-state index contributed by atoms with van der Waals surface area (Å²) < 4.78 is 16.8. The van der Waals surface area contributed by atoms with Crippen molar-refractivity contribution in [3.05, 3.63) is 63.5 Å². The number of aryl methyl sites for hydroxylation is 1. The van der Waals surface area contributed by atoms with Gasteiger partial charge in [0.2, 0.25) is 0 Å². The highest BCUT2D eigenvalue weighted by Gasteiger charge is 2.28. The van der Waals surface area contributed by atoms with Crippen molar-refractivity contribution >= 4 is 11.0 Å². The van der Waals surface area contributed by atoms with Crippen LogP contribution in [0.1, 0.15) is 35.6 Å². The Hall–Kier alpha value is -2.99. The van der Waals surface area contributed by atoms with Gasteiger partial charge in [-0.25, -0.2) is 4.79 Å². The number of phenolic OH excluding ortho intramolecular Hbond substituents is 1. The molecule has 29 heavy (non-hydrogen) atoms. The van der Waals surface area contributed by atoms with E-state index in [9.17, 15) is 9.90 Å². The van der Waals surface area contributed by atoms with E-state index >= 15 is 0 Å². The second-order valence-corrected chi connectivity index (χ2v) is 7.71. The first-order chi connectivity index (χ1) is 14.1. The van der Waals surface area contributed by atoms with E-state index in [2.05, 4.69) is 17.0 Å². The molecule has 0 aliphatic carbocycles. The third kappa shape index (κ3) is 3.23. The highest BCUT2D eigenvalue weighted by atomic mass is 16.6. The van der Waals surface area contributed by atoms with Gasteiger partial charge in [-0.2, -0.15) is 0 Å². The minimum atomic E-state index is -0.392. The summed E-state index contributed by atoms with van der Waals surface area (Å²) >= 11 is 0. The lowest BCUT2D eigenvalue weighted by Crippen LogP contribution is -2.24. The van der Waals surface area contributed by atoms with Gasteiger partial charge in [0, 0.05) is 29.6 Å². The van der Waals surface area contributed by atoms with Crippen LogP contribution in [0.4, 0.5) is 0 Å². The second kappa shape index (κ2) is 7.12. The van der Waals surface area contributed by atoms with Crippen LogP contribution in [0.25, 0.3) is 11.0 Å². The molecule has 6 nitrogen and oxygen atoms in total. The maximum Gasteiger partial charge on any atom is 0.336 e. The summed E-state index contributed by atoms with van der Waals surface area (Å²) in [6.07, 6.45) is 2.15. The molecular formula is C23H23NO5. The fourth-order valence-corrected chi connectivity index (χ4v) is 4.43. The van der Waals surface area contributed by atoms with E-state index in [4.69, 9.17) is 13.9 Å². The topological polar surface area (TPSA) is 72.1 Å². The lowest BCUT2D eigenvalue weighted by atomic mass is 10.0. The van der Waals surface area contributed by atoms with Crippen molar-refractivity contribution in [2.75, 3.05) is 19.8 Å². The molecule has 1 saturated heterocycles. The number of hydrogen-bond donors (Lipinski definition) is 1. The van der Waals surface area contributed by atoms with E-state index in [1.807, 2.05) is 12.1 Å². The Kier molecular flexibility index (Phi) is 4.43. The van der Waals surface area contributed by atoms with Gasteiger partial charge in [-0.1, -0.05) is 6.07 Å². The van der Waals surface area contributed by atoms with E-state index in [1.54, 1.807) is 19.1 Å². The molecule has 0 amide bonds. The quantitative estimate of drug-likeness (QED) is 0.680. The molecule has 1 unspecified atom stereocenters. The van der Waals surface area contributed by atoms with E-state index in [0.717, 1.165) is 41.8 Å². The molecular weight excluding hydrogens is 370 g/mol. The molecule has 1 N–H and O–H groups in total. The average Bonchev–Trinajstić information content (AvgIpc) is 3.19. The third-order valence-electron chi connectivity index (χ3n) is 5.91. The van der Waals surface area contributed by atoms with Crippen molar-refractivity contribution in [2.45, 2.75) is 32.4 Å². The Labute approximate surface area is 168 Å². The largest absolute Gasteiger partial charge is 0.508 e. The molecule has 0 saturated carbocycles. The smallest absolute Gasteiger partial charge is 0.336 e. The Balaban J connectivity index is 1.49. The molecule has 1 fully saturated rings. The van der Waals surface area contributed by atoms with Crippen molar-refractivity contribution in [3.8, 4) is 17.2 Å². The Morgan fingerprint density at radius 1 is 1.10 bits per heavy atom. The molecule has 2 aliphatic rings. The summed E-state index contributed by atoms with van der Waals surface area (Å²) in [6, 6.07) is 11.5. The Bertz CT molecular complexity index is 1140. The van der Waals surface area contributed by atoms with Gasteiger partial charge in [0.15, 0.2) is 11.5 Å². The molecule has 3 aromatic rings. The first-order valence-corrected chi connectivity index (χ1v) is 9.99. The van der Waals surface area contributed by atoms with Crippen LogP contribution in [0.5, 0.6) is 17.2 Å². The minimum Gasteiger partial charge on any atom is -0.508 e. The highest BCUT2D eigenvalue weighted by Crippen LogP contribution is 2.39. The van der Waals surface area contributed by atoms with Crippen LogP contribution in [0.3, 0.4) is 0 Å². The lowest BCUT2D eigenvalue weighted by molar-refractivity contribution is 0.170. The number of nitrogens with zero attached hydrogens (tertiary/aromatic N) is 1. The number of likely N-dealkylation sites (tertiary alicyclic amines) is 1. The Morgan fingerprint density at radius 2 is 1.93 bits per heavy atom. The molecule has 0 spiro atoms. The van der Waals surface area contributed by atoms with Crippen LogP contribution >= 0.6 is 0 Å². The highest BCUT2D eigenvalue weighted by molar-refractivity contribution is 5.84. The Morgan fingerprint density at radius 3 is 2.79 bits per heavy atom. The van der Waals surface area contributed by atoms with Gasteiger partial charge >= 0.3 is 5.63 Å². The van der Waals surface area contributed by atoms with Crippen molar-refractivity contribution in [2.24, 2.45) is 0 Å². The third-order valence-corrected chi connectivity index (χ3v) is 5.91. The monoisotopic (exact) mass is 393 g/mol. The van der Waals surface area contributed by atoms with E-state index in [0.29, 0.717) is 30.9 Å². The zero-order valence-electron chi connectivity index (χ0n) is 16.3. The maximum atomic E-state index is 12.2. The average molecular weight is 393 g/mol. The van der Waals surface area contributed by atoms with Crippen LogP contribution in [0, 0.1) is 6.92 Å². The molecule has 1 atom stereocenters. The van der Waals surface area contributed by atoms with Crippen LogP contribution in [-0.2, 0) is 6.54 Å². The van der Waals surface area contributed by atoms with Crippen molar-refractivity contribution < 1.29 is 19.0 Å². The SMILES string of the molecule is Cc1c(O)ccc2c(CN3CCCC3c3ccc4c(c3)OCCO4)cc(=O)oc12. The first kappa shape index (κ1) is 18.1. The molecule has 5 rings (SSSR count). The van der Waals surface area contributed by atoms with Gasteiger partial charge in [-0.15, -0.1) is 0 Å². The van der Waals surface area contributed by atoms with Crippen molar-refractivity contribution in [1.82, 2.24) is 4.90 Å². The maximum absolute atomic E-state index is 12.2. The van der Waals surface area contributed by atoms with Gasteiger partial charge in [0.1, 0.15) is 24.5 Å². The summed E-state index contributed by atoms with van der Waals surface area (Å²) in [7, 11) is 0. The van der Waals surface area contributed by atoms with Crippen LogP contribution in [0.2, 0.25) is 0 Å². The van der Waals surface area contributed by atoms with Gasteiger partial charge < -0.3 is 19.0 Å². The second-order valence-electron chi connectivity index (χ2n) is 7.71. The van der Waals surface area contributed by atoms with E-state index in [1.165, 1.54) is 5.56 Å². The number of ether oxygens (including phenoxy) is 2.